The Labute approximate surface area is 102 Å². The van der Waals surface area contributed by atoms with Gasteiger partial charge in [-0.3, -0.25) is 0 Å². The van der Waals surface area contributed by atoms with Crippen LogP contribution in [0, 0.1) is 11.8 Å². The summed E-state index contributed by atoms with van der Waals surface area (Å²) in [7, 11) is 4.18. The highest BCUT2D eigenvalue weighted by Crippen LogP contribution is 2.28. The van der Waals surface area contributed by atoms with Gasteiger partial charge in [-0.15, -0.1) is 0 Å². The summed E-state index contributed by atoms with van der Waals surface area (Å²) >= 11 is 0. The second kappa shape index (κ2) is 6.57. The molecule has 0 saturated heterocycles. The topological polar surface area (TPSA) is 3.24 Å². The SMILES string of the molecule is C=C(/C(=C(\C=C/C)N(C)C)C(C)C)C(C)C. The van der Waals surface area contributed by atoms with Crippen molar-refractivity contribution >= 4 is 0 Å². The van der Waals surface area contributed by atoms with Gasteiger partial charge in [-0.2, -0.15) is 0 Å². The molecule has 0 saturated carbocycles. The third kappa shape index (κ3) is 3.88. The summed E-state index contributed by atoms with van der Waals surface area (Å²) in [6.07, 6.45) is 4.26. The smallest absolute Gasteiger partial charge is 0.0395 e. The van der Waals surface area contributed by atoms with E-state index in [4.69, 9.17) is 0 Å². The van der Waals surface area contributed by atoms with Gasteiger partial charge in [0, 0.05) is 19.8 Å². The quantitative estimate of drug-likeness (QED) is 0.627. The Morgan fingerprint density at radius 3 is 1.81 bits per heavy atom. The molecule has 0 aromatic rings. The van der Waals surface area contributed by atoms with Gasteiger partial charge in [0.2, 0.25) is 0 Å². The number of rotatable bonds is 5. The van der Waals surface area contributed by atoms with E-state index in [1.165, 1.54) is 16.8 Å². The Bertz CT molecular complexity index is 291. The van der Waals surface area contributed by atoms with Gasteiger partial charge in [-0.1, -0.05) is 40.3 Å². The summed E-state index contributed by atoms with van der Waals surface area (Å²) in [5.41, 5.74) is 3.89. The molecule has 16 heavy (non-hydrogen) atoms. The largest absolute Gasteiger partial charge is 0.377 e. The van der Waals surface area contributed by atoms with Gasteiger partial charge in [0.15, 0.2) is 0 Å². The van der Waals surface area contributed by atoms with E-state index < -0.39 is 0 Å². The molecule has 92 valence electrons. The van der Waals surface area contributed by atoms with Crippen LogP contribution in [0.25, 0.3) is 0 Å². The average Bonchev–Trinajstić information content (AvgIpc) is 2.15. The van der Waals surface area contributed by atoms with Gasteiger partial charge >= 0.3 is 0 Å². The minimum absolute atomic E-state index is 0.498. The van der Waals surface area contributed by atoms with E-state index >= 15 is 0 Å². The molecule has 0 spiro atoms. The van der Waals surface area contributed by atoms with E-state index in [1.807, 2.05) is 0 Å². The Morgan fingerprint density at radius 2 is 1.56 bits per heavy atom. The minimum atomic E-state index is 0.498. The Balaban J connectivity index is 5.58. The summed E-state index contributed by atoms with van der Waals surface area (Å²) in [6, 6.07) is 0. The number of hydrogen-bond donors (Lipinski definition) is 0. The zero-order valence-electron chi connectivity index (χ0n) is 12.0. The van der Waals surface area contributed by atoms with Crippen molar-refractivity contribution in [1.29, 1.82) is 0 Å². The van der Waals surface area contributed by atoms with Gasteiger partial charge < -0.3 is 4.90 Å². The maximum Gasteiger partial charge on any atom is 0.0395 e. The van der Waals surface area contributed by atoms with E-state index in [9.17, 15) is 0 Å². The lowest BCUT2D eigenvalue weighted by molar-refractivity contribution is 0.510. The van der Waals surface area contributed by atoms with Crippen molar-refractivity contribution in [2.45, 2.75) is 34.6 Å². The number of likely N-dealkylation sites (N-methyl/N-ethyl adjacent to an activating group) is 1. The van der Waals surface area contributed by atoms with Gasteiger partial charge in [0.05, 0.1) is 0 Å². The maximum absolute atomic E-state index is 4.24. The van der Waals surface area contributed by atoms with Gasteiger partial charge in [0.25, 0.3) is 0 Å². The molecule has 0 aliphatic heterocycles. The molecule has 0 radical (unpaired) electrons. The first-order valence-electron chi connectivity index (χ1n) is 6.06. The summed E-state index contributed by atoms with van der Waals surface area (Å²) in [5, 5.41) is 0. The molecule has 1 heteroatoms. The predicted octanol–water partition coefficient (Wildman–Crippen LogP) is 4.25. The zero-order valence-corrected chi connectivity index (χ0v) is 12.0. The fourth-order valence-corrected chi connectivity index (χ4v) is 1.78. The van der Waals surface area contributed by atoms with Crippen LogP contribution in [-0.4, -0.2) is 19.0 Å². The van der Waals surface area contributed by atoms with Crippen LogP contribution in [0.15, 0.2) is 35.6 Å². The van der Waals surface area contributed by atoms with Crippen LogP contribution < -0.4 is 0 Å². The molecular weight excluding hydrogens is 194 g/mol. The summed E-state index contributed by atoms with van der Waals surface area (Å²) in [4.78, 5) is 2.17. The van der Waals surface area contributed by atoms with Crippen molar-refractivity contribution in [3.63, 3.8) is 0 Å². The molecule has 0 aromatic heterocycles. The Morgan fingerprint density at radius 1 is 1.06 bits per heavy atom. The van der Waals surface area contributed by atoms with Crippen molar-refractivity contribution in [2.24, 2.45) is 11.8 Å². The normalized spacial score (nSPS) is 13.6. The summed E-state index contributed by atoms with van der Waals surface area (Å²) in [5.74, 6) is 1.00. The molecule has 0 N–H and O–H groups in total. The van der Waals surface area contributed by atoms with Crippen molar-refractivity contribution in [2.75, 3.05) is 14.1 Å². The molecule has 0 fully saturated rings. The fourth-order valence-electron chi connectivity index (χ4n) is 1.78. The fraction of sp³-hybridized carbons (Fsp3) is 0.600. The van der Waals surface area contributed by atoms with Crippen molar-refractivity contribution < 1.29 is 0 Å². The van der Waals surface area contributed by atoms with Crippen molar-refractivity contribution in [1.82, 2.24) is 4.90 Å². The lowest BCUT2D eigenvalue weighted by Crippen LogP contribution is -2.16. The molecule has 0 aromatic carbocycles. The lowest BCUT2D eigenvalue weighted by atomic mass is 9.87. The van der Waals surface area contributed by atoms with E-state index in [0.29, 0.717) is 11.8 Å². The van der Waals surface area contributed by atoms with Gasteiger partial charge in [0.1, 0.15) is 0 Å². The van der Waals surface area contributed by atoms with Crippen molar-refractivity contribution in [3.05, 3.63) is 35.6 Å². The molecule has 0 atom stereocenters. The van der Waals surface area contributed by atoms with Gasteiger partial charge in [-0.05, 0) is 36.0 Å². The first kappa shape index (κ1) is 15.0. The first-order valence-corrected chi connectivity index (χ1v) is 6.06. The maximum atomic E-state index is 4.24. The molecule has 0 heterocycles. The van der Waals surface area contributed by atoms with Crippen molar-refractivity contribution in [3.8, 4) is 0 Å². The Kier molecular flexibility index (Phi) is 6.17. The Hall–Kier alpha value is -0.980. The number of hydrogen-bond acceptors (Lipinski definition) is 1. The zero-order chi connectivity index (χ0) is 12.9. The van der Waals surface area contributed by atoms with Crippen LogP contribution in [0.4, 0.5) is 0 Å². The van der Waals surface area contributed by atoms with Crippen LogP contribution in [0.2, 0.25) is 0 Å². The highest BCUT2D eigenvalue weighted by atomic mass is 15.1. The van der Waals surface area contributed by atoms with Gasteiger partial charge in [-0.25, -0.2) is 0 Å². The monoisotopic (exact) mass is 221 g/mol. The van der Waals surface area contributed by atoms with Crippen LogP contribution in [0.1, 0.15) is 34.6 Å². The molecule has 0 amide bonds. The molecular formula is C15H27N. The van der Waals surface area contributed by atoms with E-state index in [2.05, 4.69) is 72.3 Å². The van der Waals surface area contributed by atoms with Crippen LogP contribution in [0.5, 0.6) is 0 Å². The molecule has 0 unspecified atom stereocenters. The molecule has 0 bridgehead atoms. The molecule has 0 aliphatic rings. The highest BCUT2D eigenvalue weighted by molar-refractivity contribution is 5.39. The van der Waals surface area contributed by atoms with E-state index in [1.54, 1.807) is 0 Å². The third-order valence-corrected chi connectivity index (χ3v) is 2.70. The van der Waals surface area contributed by atoms with Crippen LogP contribution in [0.3, 0.4) is 0 Å². The second-order valence-corrected chi connectivity index (χ2v) is 5.03. The molecule has 1 nitrogen and oxygen atoms in total. The third-order valence-electron chi connectivity index (χ3n) is 2.70. The highest BCUT2D eigenvalue weighted by Gasteiger charge is 2.16. The summed E-state index contributed by atoms with van der Waals surface area (Å²) < 4.78 is 0. The van der Waals surface area contributed by atoms with Crippen LogP contribution >= 0.6 is 0 Å². The molecule has 0 aliphatic carbocycles. The minimum Gasteiger partial charge on any atom is -0.377 e. The van der Waals surface area contributed by atoms with E-state index in [0.717, 1.165) is 0 Å². The lowest BCUT2D eigenvalue weighted by Gasteiger charge is -2.25. The van der Waals surface area contributed by atoms with E-state index in [-0.39, 0.29) is 0 Å². The number of nitrogens with zero attached hydrogens (tertiary/aromatic N) is 1. The van der Waals surface area contributed by atoms with Crippen LogP contribution in [-0.2, 0) is 0 Å². The molecule has 0 rings (SSSR count). The average molecular weight is 221 g/mol. The number of allylic oxidation sites excluding steroid dienone is 4. The predicted molar refractivity (Wildman–Crippen MR) is 74.3 cm³/mol. The first-order chi connectivity index (χ1) is 7.32. The second-order valence-electron chi connectivity index (χ2n) is 5.03. The standard InChI is InChI=1S/C15H27N/c1-9-10-14(16(7)8)15(12(4)5)13(6)11(2)3/h9-12H,6H2,1-5,7-8H3/b10-9-,15-14+. The summed E-state index contributed by atoms with van der Waals surface area (Å²) in [6.45, 7) is 15.2.